The fourth-order valence-corrected chi connectivity index (χ4v) is 2.34. The number of hydrogen-bond donors (Lipinski definition) is 1. The fourth-order valence-electron chi connectivity index (χ4n) is 2.13. The van der Waals surface area contributed by atoms with Gasteiger partial charge in [0.25, 0.3) is 0 Å². The van der Waals surface area contributed by atoms with Gasteiger partial charge in [0.05, 0.1) is 11.2 Å². The van der Waals surface area contributed by atoms with Crippen LogP contribution in [0.25, 0.3) is 10.9 Å². The van der Waals surface area contributed by atoms with E-state index in [1.165, 1.54) is 6.07 Å². The van der Waals surface area contributed by atoms with E-state index in [0.717, 1.165) is 10.9 Å². The second-order valence-corrected chi connectivity index (χ2v) is 4.15. The molecule has 0 unspecified atom stereocenters. The van der Waals surface area contributed by atoms with E-state index in [4.69, 9.17) is 11.6 Å². The van der Waals surface area contributed by atoms with Crippen molar-refractivity contribution in [2.24, 2.45) is 0 Å². The zero-order chi connectivity index (χ0) is 10.6. The van der Waals surface area contributed by atoms with Gasteiger partial charge in [-0.15, -0.1) is 0 Å². The lowest BCUT2D eigenvalue weighted by Gasteiger charge is -1.96. The van der Waals surface area contributed by atoms with Crippen LogP contribution in [0.1, 0.15) is 22.5 Å². The third-order valence-electron chi connectivity index (χ3n) is 2.81. The van der Waals surface area contributed by atoms with E-state index in [2.05, 4.69) is 4.98 Å². The van der Waals surface area contributed by atoms with Gasteiger partial charge in [0, 0.05) is 16.8 Å². The summed E-state index contributed by atoms with van der Waals surface area (Å²) < 4.78 is 13.5. The molecule has 15 heavy (non-hydrogen) atoms. The summed E-state index contributed by atoms with van der Waals surface area (Å²) in [7, 11) is 0. The second kappa shape index (κ2) is 2.83. The van der Waals surface area contributed by atoms with Crippen LogP contribution >= 0.6 is 11.6 Å². The van der Waals surface area contributed by atoms with Crippen molar-refractivity contribution in [3.8, 4) is 0 Å². The number of nitrogens with one attached hydrogen (secondary N) is 1. The Balaban J connectivity index is 2.44. The highest BCUT2D eigenvalue weighted by Gasteiger charge is 2.25. The summed E-state index contributed by atoms with van der Waals surface area (Å²) in [6.45, 7) is 0. The van der Waals surface area contributed by atoms with Crippen LogP contribution < -0.4 is 0 Å². The summed E-state index contributed by atoms with van der Waals surface area (Å²) in [5, 5.41) is 1.10. The summed E-state index contributed by atoms with van der Waals surface area (Å²) in [4.78, 5) is 14.3. The van der Waals surface area contributed by atoms with E-state index in [0.29, 0.717) is 29.1 Å². The highest BCUT2D eigenvalue weighted by Crippen LogP contribution is 2.32. The van der Waals surface area contributed by atoms with Gasteiger partial charge in [0.1, 0.15) is 5.82 Å². The minimum Gasteiger partial charge on any atom is -0.349 e. The zero-order valence-electron chi connectivity index (χ0n) is 7.73. The first-order chi connectivity index (χ1) is 7.16. The van der Waals surface area contributed by atoms with Crippen LogP contribution in [0, 0.1) is 5.82 Å². The lowest BCUT2D eigenvalue weighted by atomic mass is 10.1. The molecule has 4 heteroatoms. The molecule has 0 aliphatic heterocycles. The molecule has 0 saturated carbocycles. The number of benzene rings is 1. The monoisotopic (exact) mass is 223 g/mol. The first kappa shape index (κ1) is 8.92. The molecule has 1 aliphatic carbocycles. The maximum absolute atomic E-state index is 13.5. The Kier molecular flexibility index (Phi) is 1.68. The van der Waals surface area contributed by atoms with Crippen molar-refractivity contribution >= 4 is 28.3 Å². The largest absolute Gasteiger partial charge is 0.349 e. The van der Waals surface area contributed by atoms with Crippen molar-refractivity contribution in [1.29, 1.82) is 0 Å². The Morgan fingerprint density at radius 3 is 2.93 bits per heavy atom. The van der Waals surface area contributed by atoms with Gasteiger partial charge >= 0.3 is 0 Å². The fraction of sp³-hybridized carbons (Fsp3) is 0.182. The minimum atomic E-state index is -0.403. The Labute approximate surface area is 90.0 Å². The molecule has 0 atom stereocenters. The lowest BCUT2D eigenvalue weighted by Crippen LogP contribution is -1.91. The molecule has 1 aromatic carbocycles. The molecule has 0 bridgehead atoms. The van der Waals surface area contributed by atoms with Crippen LogP contribution in [-0.4, -0.2) is 10.8 Å². The number of aryl methyl sites for hydroxylation is 1. The van der Waals surface area contributed by atoms with Crippen LogP contribution in [0.2, 0.25) is 5.02 Å². The quantitative estimate of drug-likeness (QED) is 0.732. The average molecular weight is 224 g/mol. The van der Waals surface area contributed by atoms with Gasteiger partial charge < -0.3 is 4.98 Å². The van der Waals surface area contributed by atoms with Gasteiger partial charge in [-0.25, -0.2) is 4.39 Å². The van der Waals surface area contributed by atoms with Gasteiger partial charge in [0.15, 0.2) is 5.78 Å². The molecule has 0 radical (unpaired) electrons. The van der Waals surface area contributed by atoms with Crippen molar-refractivity contribution in [2.75, 3.05) is 0 Å². The smallest absolute Gasteiger partial charge is 0.179 e. The normalized spacial score (nSPS) is 14.9. The number of ketones is 1. The molecule has 0 spiro atoms. The van der Waals surface area contributed by atoms with Crippen molar-refractivity contribution in [2.45, 2.75) is 12.8 Å². The Bertz CT molecular complexity index is 588. The van der Waals surface area contributed by atoms with Crippen LogP contribution in [0.5, 0.6) is 0 Å². The molecule has 3 rings (SSSR count). The van der Waals surface area contributed by atoms with E-state index in [9.17, 15) is 9.18 Å². The highest BCUT2D eigenvalue weighted by atomic mass is 35.5. The van der Waals surface area contributed by atoms with Gasteiger partial charge in [-0.1, -0.05) is 11.6 Å². The molecule has 0 saturated heterocycles. The number of carbonyl (C=O) groups is 1. The molecule has 1 aliphatic rings. The van der Waals surface area contributed by atoms with Crippen molar-refractivity contribution < 1.29 is 9.18 Å². The maximum atomic E-state index is 13.5. The number of fused-ring (bicyclic) bond motifs is 3. The summed E-state index contributed by atoms with van der Waals surface area (Å²) in [6.07, 6.45) is 1.18. The molecule has 0 amide bonds. The molecule has 76 valence electrons. The van der Waals surface area contributed by atoms with Gasteiger partial charge in [-0.05, 0) is 24.1 Å². The second-order valence-electron chi connectivity index (χ2n) is 3.71. The SMILES string of the molecule is O=C1CCc2c1[nH]c1c(F)cc(Cl)cc21. The third kappa shape index (κ3) is 1.13. The summed E-state index contributed by atoms with van der Waals surface area (Å²) in [5.41, 5.74) is 1.83. The molecule has 0 fully saturated rings. The average Bonchev–Trinajstić information content (AvgIpc) is 2.68. The minimum absolute atomic E-state index is 0.0525. The van der Waals surface area contributed by atoms with Crippen LogP contribution in [0.3, 0.4) is 0 Å². The number of aromatic amines is 1. The Morgan fingerprint density at radius 1 is 1.33 bits per heavy atom. The Hall–Kier alpha value is -1.35. The van der Waals surface area contributed by atoms with Gasteiger partial charge in [-0.3, -0.25) is 4.79 Å². The number of hydrogen-bond acceptors (Lipinski definition) is 1. The number of Topliss-reactive ketones (excluding diaryl/α,β-unsaturated/α-hetero) is 1. The predicted octanol–water partition coefficient (Wildman–Crippen LogP) is 3.09. The van der Waals surface area contributed by atoms with Crippen molar-refractivity contribution in [1.82, 2.24) is 4.98 Å². The molecule has 2 nitrogen and oxygen atoms in total. The van der Waals surface area contributed by atoms with E-state index in [1.54, 1.807) is 6.07 Å². The molecule has 1 heterocycles. The summed E-state index contributed by atoms with van der Waals surface area (Å²) >= 11 is 5.78. The Morgan fingerprint density at radius 2 is 2.13 bits per heavy atom. The van der Waals surface area contributed by atoms with E-state index >= 15 is 0 Å². The number of carbonyl (C=O) groups excluding carboxylic acids is 1. The molecule has 1 aromatic heterocycles. The molecular formula is C11H7ClFNO. The lowest BCUT2D eigenvalue weighted by molar-refractivity contribution is 0.0991. The number of H-pyrrole nitrogens is 1. The standard InChI is InChI=1S/C11H7ClFNO/c12-5-3-7-6-1-2-9(15)11(6)14-10(7)8(13)4-5/h3-4,14H,1-2H2. The zero-order valence-corrected chi connectivity index (χ0v) is 8.49. The maximum Gasteiger partial charge on any atom is 0.179 e. The number of halogens is 2. The number of rotatable bonds is 0. The van der Waals surface area contributed by atoms with E-state index in [-0.39, 0.29) is 5.78 Å². The first-order valence-electron chi connectivity index (χ1n) is 4.69. The topological polar surface area (TPSA) is 32.9 Å². The first-order valence-corrected chi connectivity index (χ1v) is 5.07. The van der Waals surface area contributed by atoms with Crippen LogP contribution in [-0.2, 0) is 6.42 Å². The number of aromatic nitrogens is 1. The van der Waals surface area contributed by atoms with Crippen molar-refractivity contribution in [3.05, 3.63) is 34.2 Å². The van der Waals surface area contributed by atoms with Gasteiger partial charge in [0.2, 0.25) is 0 Å². The summed E-state index contributed by atoms with van der Waals surface area (Å²) in [6, 6.07) is 2.95. The summed E-state index contributed by atoms with van der Waals surface area (Å²) in [5.74, 6) is -0.351. The van der Waals surface area contributed by atoms with Crippen LogP contribution in [0.15, 0.2) is 12.1 Å². The van der Waals surface area contributed by atoms with E-state index in [1.807, 2.05) is 0 Å². The third-order valence-corrected chi connectivity index (χ3v) is 3.03. The molecular weight excluding hydrogens is 217 g/mol. The molecule has 1 N–H and O–H groups in total. The van der Waals surface area contributed by atoms with Gasteiger partial charge in [-0.2, -0.15) is 0 Å². The predicted molar refractivity (Wildman–Crippen MR) is 55.9 cm³/mol. The van der Waals surface area contributed by atoms with Crippen LogP contribution in [0.4, 0.5) is 4.39 Å². The van der Waals surface area contributed by atoms with E-state index < -0.39 is 5.82 Å². The van der Waals surface area contributed by atoms with Crippen molar-refractivity contribution in [3.63, 3.8) is 0 Å². The molecule has 2 aromatic rings. The highest BCUT2D eigenvalue weighted by molar-refractivity contribution is 6.31.